The fourth-order valence-corrected chi connectivity index (χ4v) is 3.73. The molecule has 0 spiro atoms. The number of hydrogen-bond donors (Lipinski definition) is 0. The molecular formula is C15H29Br. The predicted octanol–water partition coefficient (Wildman–Crippen LogP) is 6.08. The van der Waals surface area contributed by atoms with E-state index in [0.717, 1.165) is 10.7 Å². The Morgan fingerprint density at radius 3 is 2.31 bits per heavy atom. The fraction of sp³-hybridized carbons (Fsp3) is 1.00. The second kappa shape index (κ2) is 9.50. The molecule has 1 aliphatic carbocycles. The maximum absolute atomic E-state index is 3.78. The van der Waals surface area contributed by atoms with Crippen molar-refractivity contribution < 1.29 is 0 Å². The Bertz CT molecular complexity index is 156. The summed E-state index contributed by atoms with van der Waals surface area (Å²) in [7, 11) is 0. The third-order valence-electron chi connectivity index (χ3n) is 3.93. The fourth-order valence-electron chi connectivity index (χ4n) is 2.88. The van der Waals surface area contributed by atoms with Gasteiger partial charge in [0.2, 0.25) is 0 Å². The summed E-state index contributed by atoms with van der Waals surface area (Å²) in [6.45, 7) is 2.29. The van der Waals surface area contributed by atoms with Gasteiger partial charge in [-0.1, -0.05) is 87.1 Å². The van der Waals surface area contributed by atoms with Gasteiger partial charge in [0, 0.05) is 4.83 Å². The average molecular weight is 289 g/mol. The summed E-state index contributed by atoms with van der Waals surface area (Å²) in [4.78, 5) is 0.829. The van der Waals surface area contributed by atoms with E-state index in [4.69, 9.17) is 0 Å². The maximum Gasteiger partial charge on any atom is 0.0148 e. The van der Waals surface area contributed by atoms with Gasteiger partial charge in [-0.15, -0.1) is 0 Å². The van der Waals surface area contributed by atoms with Gasteiger partial charge < -0.3 is 0 Å². The minimum Gasteiger partial charge on any atom is -0.0891 e. The van der Waals surface area contributed by atoms with Crippen molar-refractivity contribution in [3.63, 3.8) is 0 Å². The molecule has 2 atom stereocenters. The van der Waals surface area contributed by atoms with E-state index in [1.54, 1.807) is 0 Å². The van der Waals surface area contributed by atoms with Crippen molar-refractivity contribution in [3.8, 4) is 0 Å². The molecule has 0 saturated heterocycles. The van der Waals surface area contributed by atoms with E-state index >= 15 is 0 Å². The lowest BCUT2D eigenvalue weighted by Crippen LogP contribution is -2.14. The zero-order chi connectivity index (χ0) is 11.6. The molecule has 0 aromatic rings. The quantitative estimate of drug-likeness (QED) is 0.375. The summed E-state index contributed by atoms with van der Waals surface area (Å²) in [6.07, 6.45) is 17.5. The zero-order valence-corrected chi connectivity index (χ0v) is 12.6. The van der Waals surface area contributed by atoms with Crippen LogP contribution in [0.3, 0.4) is 0 Å². The zero-order valence-electron chi connectivity index (χ0n) is 11.0. The van der Waals surface area contributed by atoms with Crippen LogP contribution in [0.5, 0.6) is 0 Å². The van der Waals surface area contributed by atoms with Crippen molar-refractivity contribution >= 4 is 15.9 Å². The van der Waals surface area contributed by atoms with Gasteiger partial charge in [-0.3, -0.25) is 0 Å². The highest BCUT2D eigenvalue weighted by molar-refractivity contribution is 9.09. The first-order chi connectivity index (χ1) is 7.83. The summed E-state index contributed by atoms with van der Waals surface area (Å²) in [5.41, 5.74) is 0. The second-order valence-corrected chi connectivity index (χ2v) is 6.83. The monoisotopic (exact) mass is 288 g/mol. The van der Waals surface area contributed by atoms with Crippen molar-refractivity contribution in [2.45, 2.75) is 88.8 Å². The predicted molar refractivity (Wildman–Crippen MR) is 77.3 cm³/mol. The standard InChI is InChI=1S/C15H29Br/c1-2-3-4-5-6-7-8-10-14-11-9-12-15(16)13-14/h14-15H,2-13H2,1H3. The van der Waals surface area contributed by atoms with Gasteiger partial charge in [-0.05, 0) is 18.8 Å². The molecule has 0 nitrogen and oxygen atoms in total. The lowest BCUT2D eigenvalue weighted by atomic mass is 9.85. The van der Waals surface area contributed by atoms with E-state index in [1.807, 2.05) is 0 Å². The highest BCUT2D eigenvalue weighted by Crippen LogP contribution is 2.32. The van der Waals surface area contributed by atoms with Gasteiger partial charge in [0.05, 0.1) is 0 Å². The molecule has 0 N–H and O–H groups in total. The molecule has 96 valence electrons. The van der Waals surface area contributed by atoms with Crippen LogP contribution in [-0.4, -0.2) is 4.83 Å². The number of rotatable bonds is 8. The van der Waals surface area contributed by atoms with E-state index in [0.29, 0.717) is 0 Å². The molecule has 0 bridgehead atoms. The molecular weight excluding hydrogens is 260 g/mol. The molecule has 16 heavy (non-hydrogen) atoms. The topological polar surface area (TPSA) is 0 Å². The third kappa shape index (κ3) is 6.93. The van der Waals surface area contributed by atoms with Crippen LogP contribution in [0.15, 0.2) is 0 Å². The average Bonchev–Trinajstić information content (AvgIpc) is 2.28. The largest absolute Gasteiger partial charge is 0.0891 e. The van der Waals surface area contributed by atoms with Gasteiger partial charge in [0.15, 0.2) is 0 Å². The second-order valence-electron chi connectivity index (χ2n) is 5.54. The molecule has 0 aliphatic heterocycles. The Morgan fingerprint density at radius 1 is 0.938 bits per heavy atom. The van der Waals surface area contributed by atoms with E-state index in [9.17, 15) is 0 Å². The normalized spacial score (nSPS) is 25.9. The van der Waals surface area contributed by atoms with Gasteiger partial charge in [0.25, 0.3) is 0 Å². The summed E-state index contributed by atoms with van der Waals surface area (Å²) in [5.74, 6) is 1.04. The van der Waals surface area contributed by atoms with Gasteiger partial charge in [0.1, 0.15) is 0 Å². The van der Waals surface area contributed by atoms with Crippen LogP contribution >= 0.6 is 15.9 Å². The van der Waals surface area contributed by atoms with E-state index in [1.165, 1.54) is 77.0 Å². The molecule has 0 heterocycles. The van der Waals surface area contributed by atoms with Crippen molar-refractivity contribution in [2.24, 2.45) is 5.92 Å². The minimum atomic E-state index is 0.829. The van der Waals surface area contributed by atoms with E-state index in [-0.39, 0.29) is 0 Å². The van der Waals surface area contributed by atoms with Crippen LogP contribution in [0.2, 0.25) is 0 Å². The number of alkyl halides is 1. The van der Waals surface area contributed by atoms with Crippen LogP contribution in [0.1, 0.15) is 84.0 Å². The molecule has 0 radical (unpaired) electrons. The highest BCUT2D eigenvalue weighted by Gasteiger charge is 2.18. The molecule has 0 aromatic carbocycles. The first-order valence-electron chi connectivity index (χ1n) is 7.47. The molecule has 2 unspecified atom stereocenters. The molecule has 1 aliphatic rings. The van der Waals surface area contributed by atoms with Gasteiger partial charge >= 0.3 is 0 Å². The van der Waals surface area contributed by atoms with Crippen LogP contribution < -0.4 is 0 Å². The SMILES string of the molecule is CCCCCCCCCC1CCCC(Br)C1. The van der Waals surface area contributed by atoms with Gasteiger partial charge in [-0.2, -0.15) is 0 Å². The summed E-state index contributed by atoms with van der Waals surface area (Å²) < 4.78 is 0. The summed E-state index contributed by atoms with van der Waals surface area (Å²) >= 11 is 3.78. The summed E-state index contributed by atoms with van der Waals surface area (Å²) in [6, 6.07) is 0. The Kier molecular flexibility index (Phi) is 8.64. The molecule has 1 saturated carbocycles. The smallest absolute Gasteiger partial charge is 0.0148 e. The first-order valence-corrected chi connectivity index (χ1v) is 8.38. The number of unbranched alkanes of at least 4 members (excludes halogenated alkanes) is 6. The van der Waals surface area contributed by atoms with Gasteiger partial charge in [-0.25, -0.2) is 0 Å². The van der Waals surface area contributed by atoms with Crippen LogP contribution in [0, 0.1) is 5.92 Å². The Labute approximate surface area is 111 Å². The van der Waals surface area contributed by atoms with Crippen LogP contribution in [0.25, 0.3) is 0 Å². The first kappa shape index (κ1) is 14.5. The minimum absolute atomic E-state index is 0.829. The van der Waals surface area contributed by atoms with Crippen molar-refractivity contribution in [2.75, 3.05) is 0 Å². The van der Waals surface area contributed by atoms with E-state index < -0.39 is 0 Å². The lowest BCUT2D eigenvalue weighted by molar-refractivity contribution is 0.337. The maximum atomic E-state index is 3.78. The summed E-state index contributed by atoms with van der Waals surface area (Å²) in [5, 5.41) is 0. The van der Waals surface area contributed by atoms with Crippen molar-refractivity contribution in [3.05, 3.63) is 0 Å². The molecule has 1 rings (SSSR count). The Morgan fingerprint density at radius 2 is 1.62 bits per heavy atom. The third-order valence-corrected chi connectivity index (χ3v) is 4.77. The molecule has 0 aromatic heterocycles. The Balaban J connectivity index is 1.86. The molecule has 0 amide bonds. The van der Waals surface area contributed by atoms with Crippen LogP contribution in [0.4, 0.5) is 0 Å². The van der Waals surface area contributed by atoms with E-state index in [2.05, 4.69) is 22.9 Å². The highest BCUT2D eigenvalue weighted by atomic mass is 79.9. The number of halogens is 1. The molecule has 1 heteroatoms. The Hall–Kier alpha value is 0.480. The lowest BCUT2D eigenvalue weighted by Gasteiger charge is -2.25. The number of hydrogen-bond acceptors (Lipinski definition) is 0. The van der Waals surface area contributed by atoms with Crippen LogP contribution in [-0.2, 0) is 0 Å². The van der Waals surface area contributed by atoms with Crippen molar-refractivity contribution in [1.82, 2.24) is 0 Å². The van der Waals surface area contributed by atoms with Crippen molar-refractivity contribution in [1.29, 1.82) is 0 Å². The molecule has 1 fully saturated rings.